The second-order valence-corrected chi connectivity index (χ2v) is 6.35. The number of benzene rings is 2. The van der Waals surface area contributed by atoms with Crippen molar-refractivity contribution in [3.63, 3.8) is 0 Å². The van der Waals surface area contributed by atoms with Gasteiger partial charge in [-0.3, -0.25) is 4.79 Å². The molecule has 0 radical (unpaired) electrons. The minimum atomic E-state index is -0.000766. The van der Waals surface area contributed by atoms with Crippen molar-refractivity contribution >= 4 is 34.8 Å². The minimum Gasteiger partial charge on any atom is -0.326 e. The number of amides is 1. The molecular formula is C18H19Cl2NO. The van der Waals surface area contributed by atoms with Crippen molar-refractivity contribution < 1.29 is 4.79 Å². The van der Waals surface area contributed by atoms with Crippen molar-refractivity contribution in [2.24, 2.45) is 0 Å². The molecular weight excluding hydrogens is 317 g/mol. The molecule has 2 aromatic rings. The molecule has 1 N–H and O–H groups in total. The van der Waals surface area contributed by atoms with E-state index in [0.29, 0.717) is 28.8 Å². The maximum Gasteiger partial charge on any atom is 0.224 e. The Morgan fingerprint density at radius 1 is 1.09 bits per heavy atom. The standard InChI is InChI=1S/C18H19Cl2NO/c1-12(2)14-5-3-4-6-17(14)21-18(22)10-8-13-7-9-15(19)16(20)11-13/h3-7,9,11-12H,8,10H2,1-2H3,(H,21,22). The molecule has 0 fully saturated rings. The van der Waals surface area contributed by atoms with E-state index in [0.717, 1.165) is 16.8 Å². The van der Waals surface area contributed by atoms with Crippen molar-refractivity contribution in [1.29, 1.82) is 0 Å². The minimum absolute atomic E-state index is 0.000766. The molecule has 0 saturated carbocycles. The van der Waals surface area contributed by atoms with Crippen molar-refractivity contribution in [2.45, 2.75) is 32.6 Å². The van der Waals surface area contributed by atoms with E-state index in [2.05, 4.69) is 19.2 Å². The summed E-state index contributed by atoms with van der Waals surface area (Å²) in [4.78, 5) is 12.1. The highest BCUT2D eigenvalue weighted by Crippen LogP contribution is 2.25. The highest BCUT2D eigenvalue weighted by Gasteiger charge is 2.09. The lowest BCUT2D eigenvalue weighted by Crippen LogP contribution is -2.14. The molecule has 0 aromatic heterocycles. The zero-order valence-electron chi connectivity index (χ0n) is 12.7. The van der Waals surface area contributed by atoms with Gasteiger partial charge in [0.1, 0.15) is 0 Å². The van der Waals surface area contributed by atoms with Gasteiger partial charge in [-0.2, -0.15) is 0 Å². The number of rotatable bonds is 5. The van der Waals surface area contributed by atoms with E-state index in [1.54, 1.807) is 12.1 Å². The lowest BCUT2D eigenvalue weighted by Gasteiger charge is -2.13. The van der Waals surface area contributed by atoms with E-state index in [9.17, 15) is 4.79 Å². The molecule has 0 aliphatic heterocycles. The first-order valence-electron chi connectivity index (χ1n) is 7.30. The van der Waals surface area contributed by atoms with E-state index in [4.69, 9.17) is 23.2 Å². The van der Waals surface area contributed by atoms with Crippen LogP contribution in [-0.4, -0.2) is 5.91 Å². The third kappa shape index (κ3) is 4.49. The summed E-state index contributed by atoms with van der Waals surface area (Å²) >= 11 is 11.9. The summed E-state index contributed by atoms with van der Waals surface area (Å²) in [6.45, 7) is 4.22. The quantitative estimate of drug-likeness (QED) is 0.747. The molecule has 1 amide bonds. The molecule has 0 aliphatic rings. The summed E-state index contributed by atoms with van der Waals surface area (Å²) in [5.41, 5.74) is 3.03. The number of anilines is 1. The average molecular weight is 336 g/mol. The van der Waals surface area contributed by atoms with E-state index < -0.39 is 0 Å². The Bertz CT molecular complexity index is 668. The third-order valence-electron chi connectivity index (χ3n) is 3.48. The molecule has 0 heterocycles. The summed E-state index contributed by atoms with van der Waals surface area (Å²) in [7, 11) is 0. The summed E-state index contributed by atoms with van der Waals surface area (Å²) in [6, 6.07) is 13.3. The van der Waals surface area contributed by atoms with Crippen LogP contribution in [0.15, 0.2) is 42.5 Å². The zero-order chi connectivity index (χ0) is 16.1. The molecule has 0 atom stereocenters. The fraction of sp³-hybridized carbons (Fsp3) is 0.278. The summed E-state index contributed by atoms with van der Waals surface area (Å²) in [5.74, 6) is 0.366. The van der Waals surface area contributed by atoms with Gasteiger partial charge in [-0.05, 0) is 41.7 Å². The first kappa shape index (κ1) is 16.9. The Morgan fingerprint density at radius 3 is 2.50 bits per heavy atom. The number of carbonyl (C=O) groups excluding carboxylic acids is 1. The fourth-order valence-corrected chi connectivity index (χ4v) is 2.60. The summed E-state index contributed by atoms with van der Waals surface area (Å²) in [6.07, 6.45) is 1.04. The highest BCUT2D eigenvalue weighted by atomic mass is 35.5. The van der Waals surface area contributed by atoms with Crippen LogP contribution in [0.1, 0.15) is 37.3 Å². The number of hydrogen-bond donors (Lipinski definition) is 1. The van der Waals surface area contributed by atoms with Crippen LogP contribution in [0.25, 0.3) is 0 Å². The highest BCUT2D eigenvalue weighted by molar-refractivity contribution is 6.42. The first-order chi connectivity index (χ1) is 10.5. The Morgan fingerprint density at radius 2 is 1.82 bits per heavy atom. The maximum absolute atomic E-state index is 12.1. The van der Waals surface area contributed by atoms with Gasteiger partial charge in [-0.1, -0.05) is 61.3 Å². The molecule has 2 rings (SSSR count). The van der Waals surface area contributed by atoms with Crippen LogP contribution in [0, 0.1) is 0 Å². The molecule has 116 valence electrons. The third-order valence-corrected chi connectivity index (χ3v) is 4.22. The largest absolute Gasteiger partial charge is 0.326 e. The van der Waals surface area contributed by atoms with Crippen molar-refractivity contribution in [3.8, 4) is 0 Å². The second kappa shape index (κ2) is 7.66. The number of hydrogen-bond acceptors (Lipinski definition) is 1. The molecule has 4 heteroatoms. The SMILES string of the molecule is CC(C)c1ccccc1NC(=O)CCc1ccc(Cl)c(Cl)c1. The van der Waals surface area contributed by atoms with Crippen LogP contribution < -0.4 is 5.32 Å². The van der Waals surface area contributed by atoms with Crippen molar-refractivity contribution in [1.82, 2.24) is 0 Å². The zero-order valence-corrected chi connectivity index (χ0v) is 14.2. The average Bonchev–Trinajstić information content (AvgIpc) is 2.49. The van der Waals surface area contributed by atoms with Crippen molar-refractivity contribution in [2.75, 3.05) is 5.32 Å². The predicted octanol–water partition coefficient (Wildman–Crippen LogP) is 5.69. The predicted molar refractivity (Wildman–Crippen MR) is 93.9 cm³/mol. The van der Waals surface area contributed by atoms with Gasteiger partial charge in [0.05, 0.1) is 10.0 Å². The van der Waals surface area contributed by atoms with Crippen LogP contribution in [0.2, 0.25) is 10.0 Å². The lowest BCUT2D eigenvalue weighted by molar-refractivity contribution is -0.116. The van der Waals surface area contributed by atoms with Gasteiger partial charge in [0.2, 0.25) is 5.91 Å². The molecule has 0 bridgehead atoms. The molecule has 0 unspecified atom stereocenters. The Balaban J connectivity index is 1.97. The van der Waals surface area contributed by atoms with E-state index >= 15 is 0 Å². The van der Waals surface area contributed by atoms with Crippen LogP contribution in [-0.2, 0) is 11.2 Å². The Kier molecular flexibility index (Phi) is 5.87. The normalized spacial score (nSPS) is 10.8. The van der Waals surface area contributed by atoms with Gasteiger partial charge < -0.3 is 5.32 Å². The molecule has 0 aliphatic carbocycles. The maximum atomic E-state index is 12.1. The number of carbonyl (C=O) groups is 1. The molecule has 2 nitrogen and oxygen atoms in total. The van der Waals surface area contributed by atoms with Gasteiger partial charge in [0.25, 0.3) is 0 Å². The molecule has 0 saturated heterocycles. The van der Waals surface area contributed by atoms with Crippen LogP contribution in [0.5, 0.6) is 0 Å². The van der Waals surface area contributed by atoms with E-state index in [1.807, 2.05) is 30.3 Å². The van der Waals surface area contributed by atoms with Gasteiger partial charge in [0.15, 0.2) is 0 Å². The van der Waals surface area contributed by atoms with E-state index in [-0.39, 0.29) is 5.91 Å². The molecule has 2 aromatic carbocycles. The van der Waals surface area contributed by atoms with Crippen LogP contribution >= 0.6 is 23.2 Å². The van der Waals surface area contributed by atoms with Gasteiger partial charge in [-0.25, -0.2) is 0 Å². The number of aryl methyl sites for hydroxylation is 1. The second-order valence-electron chi connectivity index (χ2n) is 5.54. The Labute approximate surface area is 141 Å². The van der Waals surface area contributed by atoms with E-state index in [1.165, 1.54) is 0 Å². The van der Waals surface area contributed by atoms with Crippen LogP contribution in [0.4, 0.5) is 5.69 Å². The first-order valence-corrected chi connectivity index (χ1v) is 8.05. The molecule has 22 heavy (non-hydrogen) atoms. The van der Waals surface area contributed by atoms with Crippen molar-refractivity contribution in [3.05, 3.63) is 63.6 Å². The monoisotopic (exact) mass is 335 g/mol. The number of halogens is 2. The fourth-order valence-electron chi connectivity index (χ4n) is 2.28. The van der Waals surface area contributed by atoms with Crippen LogP contribution in [0.3, 0.4) is 0 Å². The smallest absolute Gasteiger partial charge is 0.224 e. The summed E-state index contributed by atoms with van der Waals surface area (Å²) in [5, 5.41) is 4.04. The van der Waals surface area contributed by atoms with Gasteiger partial charge in [-0.15, -0.1) is 0 Å². The Hall–Kier alpha value is -1.51. The topological polar surface area (TPSA) is 29.1 Å². The molecule has 0 spiro atoms. The summed E-state index contributed by atoms with van der Waals surface area (Å²) < 4.78 is 0. The van der Waals surface area contributed by atoms with Gasteiger partial charge >= 0.3 is 0 Å². The lowest BCUT2D eigenvalue weighted by atomic mass is 10.0. The number of nitrogens with one attached hydrogen (secondary N) is 1. The van der Waals surface area contributed by atoms with Gasteiger partial charge in [0, 0.05) is 12.1 Å². The number of para-hydroxylation sites is 1.